The average Bonchev–Trinajstić information content (AvgIpc) is 3.33. The minimum atomic E-state index is -5.18. The van der Waals surface area contributed by atoms with Crippen molar-refractivity contribution in [1.29, 1.82) is 0 Å². The van der Waals surface area contributed by atoms with Crippen LogP contribution < -0.4 is 4.84 Å². The highest BCUT2D eigenvalue weighted by molar-refractivity contribution is 7.91. The van der Waals surface area contributed by atoms with Crippen molar-refractivity contribution in [2.45, 2.75) is 28.3 Å². The Bertz CT molecular complexity index is 1240. The number of halogens is 3. The van der Waals surface area contributed by atoms with Crippen LogP contribution in [-0.2, 0) is 14.6 Å². The molecule has 11 heteroatoms. The molecular weight excluding hydrogens is 435 g/mol. The smallest absolute Gasteiger partial charge is 0.309 e. The molecule has 1 atom stereocenters. The van der Waals surface area contributed by atoms with Gasteiger partial charge >= 0.3 is 12.1 Å². The van der Waals surface area contributed by atoms with Crippen molar-refractivity contribution < 1.29 is 31.2 Å². The summed E-state index contributed by atoms with van der Waals surface area (Å²) in [5.74, 6) is -2.06. The Balaban J connectivity index is 1.60. The Hall–Kier alpha value is -2.92. The molecule has 0 amide bonds. The molecule has 2 heterocycles. The van der Waals surface area contributed by atoms with Gasteiger partial charge in [-0.25, -0.2) is 13.2 Å². The third kappa shape index (κ3) is 4.15. The number of rotatable bonds is 4. The van der Waals surface area contributed by atoms with Gasteiger partial charge in [0.1, 0.15) is 5.52 Å². The first kappa shape index (κ1) is 21.3. The Morgan fingerprint density at radius 3 is 2.42 bits per heavy atom. The Kier molecular flexibility index (Phi) is 5.26. The molecule has 3 aromatic rings. The van der Waals surface area contributed by atoms with Crippen LogP contribution in [0.5, 0.6) is 0 Å². The monoisotopic (exact) mass is 453 g/mol. The number of hydrogen-bond acceptors (Lipinski definition) is 6. The van der Waals surface area contributed by atoms with E-state index in [2.05, 4.69) is 14.8 Å². The maximum Gasteiger partial charge on any atom is 0.493 e. The summed E-state index contributed by atoms with van der Waals surface area (Å²) in [5, 5.41) is 3.79. The zero-order valence-corrected chi connectivity index (χ0v) is 17.2. The Morgan fingerprint density at radius 2 is 1.81 bits per heavy atom. The molecule has 4 rings (SSSR count). The number of fused-ring (bicyclic) bond motifs is 1. The molecule has 2 aromatic carbocycles. The summed E-state index contributed by atoms with van der Waals surface area (Å²) in [6, 6.07) is 10.5. The van der Waals surface area contributed by atoms with E-state index in [1.807, 2.05) is 19.2 Å². The number of sulfone groups is 1. The molecule has 164 valence electrons. The zero-order valence-electron chi connectivity index (χ0n) is 16.3. The molecule has 1 aliphatic heterocycles. The first-order valence-electron chi connectivity index (χ1n) is 9.36. The van der Waals surface area contributed by atoms with Crippen molar-refractivity contribution in [3.63, 3.8) is 0 Å². The topological polar surface area (TPSA) is 81.5 Å². The number of likely N-dealkylation sites (tertiary alicyclic amines) is 1. The molecule has 0 radical (unpaired) electrons. The van der Waals surface area contributed by atoms with Crippen LogP contribution in [0.2, 0.25) is 0 Å². The largest absolute Gasteiger partial charge is 0.493 e. The fourth-order valence-electron chi connectivity index (χ4n) is 3.62. The van der Waals surface area contributed by atoms with Crippen LogP contribution in [-0.4, -0.2) is 55.5 Å². The second-order valence-electron chi connectivity index (χ2n) is 7.43. The lowest BCUT2D eigenvalue weighted by Crippen LogP contribution is -2.33. The highest BCUT2D eigenvalue weighted by Gasteiger charge is 2.42. The lowest BCUT2D eigenvalue weighted by molar-refractivity contribution is -0.200. The lowest BCUT2D eigenvalue weighted by Gasteiger charge is -2.12. The van der Waals surface area contributed by atoms with Crippen LogP contribution in [0.25, 0.3) is 10.9 Å². The molecule has 1 saturated heterocycles. The number of alkyl halides is 3. The van der Waals surface area contributed by atoms with E-state index >= 15 is 0 Å². The standard InChI is InChI=1S/C20H18F3N3O4S/c1-25-9-8-14(12-25)13-2-4-16(5-3-13)31(28,29)17-6-7-18-15(10-17)11-24-26(18)30-19(27)20(21,22)23/h2-7,10-11,14H,8-9,12H2,1H3/t14-/m1/s1. The van der Waals surface area contributed by atoms with Gasteiger partial charge in [0, 0.05) is 11.9 Å². The number of carbonyl (C=O) groups is 1. The minimum Gasteiger partial charge on any atom is -0.309 e. The predicted molar refractivity (Wildman–Crippen MR) is 104 cm³/mol. The van der Waals surface area contributed by atoms with Gasteiger partial charge < -0.3 is 9.74 Å². The quantitative estimate of drug-likeness (QED) is 0.604. The Morgan fingerprint density at radius 1 is 1.13 bits per heavy atom. The fraction of sp³-hybridized carbons (Fsp3) is 0.300. The fourth-order valence-corrected chi connectivity index (χ4v) is 4.92. The second kappa shape index (κ2) is 7.65. The number of likely N-dealkylation sites (N-methyl/N-ethyl adjacent to an activating group) is 1. The van der Waals surface area contributed by atoms with Gasteiger partial charge in [0.2, 0.25) is 9.84 Å². The van der Waals surface area contributed by atoms with E-state index < -0.39 is 22.0 Å². The van der Waals surface area contributed by atoms with E-state index in [0.29, 0.717) is 10.8 Å². The number of nitrogens with zero attached hydrogens (tertiary/aromatic N) is 3. The van der Waals surface area contributed by atoms with Gasteiger partial charge in [-0.3, -0.25) is 0 Å². The van der Waals surface area contributed by atoms with E-state index in [4.69, 9.17) is 0 Å². The van der Waals surface area contributed by atoms with Crippen molar-refractivity contribution >= 4 is 26.7 Å². The van der Waals surface area contributed by atoms with Crippen molar-refractivity contribution in [1.82, 2.24) is 14.8 Å². The molecule has 1 aromatic heterocycles. The van der Waals surface area contributed by atoms with Crippen LogP contribution in [0.4, 0.5) is 13.2 Å². The number of carbonyl (C=O) groups excluding carboxylic acids is 1. The number of benzene rings is 2. The first-order valence-corrected chi connectivity index (χ1v) is 10.8. The minimum absolute atomic E-state index is 0.0252. The highest BCUT2D eigenvalue weighted by atomic mass is 32.2. The van der Waals surface area contributed by atoms with Crippen molar-refractivity contribution in [3.8, 4) is 0 Å². The summed E-state index contributed by atoms with van der Waals surface area (Å²) < 4.78 is 63.2. The zero-order chi connectivity index (χ0) is 22.4. The molecule has 0 unspecified atom stereocenters. The van der Waals surface area contributed by atoms with E-state index in [-0.39, 0.29) is 20.7 Å². The molecule has 1 fully saturated rings. The summed E-state index contributed by atoms with van der Waals surface area (Å²) in [6.45, 7) is 1.92. The van der Waals surface area contributed by atoms with Crippen LogP contribution in [0.3, 0.4) is 0 Å². The van der Waals surface area contributed by atoms with Crippen LogP contribution in [0, 0.1) is 0 Å². The molecule has 31 heavy (non-hydrogen) atoms. The molecule has 0 saturated carbocycles. The molecule has 0 bridgehead atoms. The molecule has 0 aliphatic carbocycles. The maximum atomic E-state index is 13.0. The number of hydrogen-bond donors (Lipinski definition) is 0. The van der Waals surface area contributed by atoms with Gasteiger partial charge in [-0.2, -0.15) is 13.2 Å². The first-order chi connectivity index (χ1) is 14.6. The van der Waals surface area contributed by atoms with Gasteiger partial charge in [-0.1, -0.05) is 17.0 Å². The summed E-state index contributed by atoms with van der Waals surface area (Å²) in [7, 11) is -1.81. The predicted octanol–water partition coefficient (Wildman–Crippen LogP) is 2.81. The van der Waals surface area contributed by atoms with Crippen LogP contribution >= 0.6 is 0 Å². The van der Waals surface area contributed by atoms with Gasteiger partial charge in [0.25, 0.3) is 0 Å². The van der Waals surface area contributed by atoms with Gasteiger partial charge in [0.05, 0.1) is 16.0 Å². The Labute approximate surface area is 175 Å². The normalized spacial score (nSPS) is 17.9. The van der Waals surface area contributed by atoms with E-state index in [0.717, 1.165) is 31.3 Å². The molecule has 1 aliphatic rings. The van der Waals surface area contributed by atoms with Gasteiger partial charge in [0.15, 0.2) is 0 Å². The molecule has 7 nitrogen and oxygen atoms in total. The van der Waals surface area contributed by atoms with E-state index in [1.165, 1.54) is 18.2 Å². The van der Waals surface area contributed by atoms with Gasteiger partial charge in [-0.15, -0.1) is 5.10 Å². The summed E-state index contributed by atoms with van der Waals surface area (Å²) >= 11 is 0. The van der Waals surface area contributed by atoms with E-state index in [9.17, 15) is 26.4 Å². The SMILES string of the molecule is CN1CC[C@@H](c2ccc(S(=O)(=O)c3ccc4c(cnn4OC(=O)C(F)(F)F)c3)cc2)C1. The second-order valence-corrected chi connectivity index (χ2v) is 9.38. The molecule has 0 spiro atoms. The van der Waals surface area contributed by atoms with Gasteiger partial charge in [-0.05, 0) is 61.8 Å². The average molecular weight is 453 g/mol. The summed E-state index contributed by atoms with van der Waals surface area (Å²) in [6.07, 6.45) is -3.04. The van der Waals surface area contributed by atoms with Crippen LogP contribution in [0.15, 0.2) is 58.5 Å². The molecular formula is C20H18F3N3O4S. The van der Waals surface area contributed by atoms with Crippen molar-refractivity contribution in [3.05, 3.63) is 54.2 Å². The summed E-state index contributed by atoms with van der Waals surface area (Å²) in [4.78, 5) is 17.9. The van der Waals surface area contributed by atoms with E-state index in [1.54, 1.807) is 12.1 Å². The molecule has 0 N–H and O–H groups in total. The number of aromatic nitrogens is 2. The van der Waals surface area contributed by atoms with Crippen LogP contribution in [0.1, 0.15) is 17.9 Å². The van der Waals surface area contributed by atoms with Crippen molar-refractivity contribution in [2.75, 3.05) is 20.1 Å². The third-order valence-electron chi connectivity index (χ3n) is 5.27. The third-order valence-corrected chi connectivity index (χ3v) is 7.04. The lowest BCUT2D eigenvalue weighted by atomic mass is 9.99. The maximum absolute atomic E-state index is 13.0. The summed E-state index contributed by atoms with van der Waals surface area (Å²) in [5.41, 5.74) is 1.10. The highest BCUT2D eigenvalue weighted by Crippen LogP contribution is 2.29. The van der Waals surface area contributed by atoms with Crippen molar-refractivity contribution in [2.24, 2.45) is 0 Å².